The van der Waals surface area contributed by atoms with Crippen LogP contribution in [0.2, 0.25) is 0 Å². The molecule has 122 valence electrons. The van der Waals surface area contributed by atoms with Gasteiger partial charge in [0, 0.05) is 38.7 Å². The summed E-state index contributed by atoms with van der Waals surface area (Å²) in [6.07, 6.45) is 3.43. The van der Waals surface area contributed by atoms with Crippen LogP contribution in [-0.4, -0.2) is 39.6 Å². The van der Waals surface area contributed by atoms with Crippen LogP contribution in [0.25, 0.3) is 0 Å². The largest absolute Gasteiger partial charge is 0.456 e. The lowest BCUT2D eigenvalue weighted by atomic mass is 10.3. The molecule has 3 heterocycles. The summed E-state index contributed by atoms with van der Waals surface area (Å²) >= 11 is 0. The van der Waals surface area contributed by atoms with E-state index >= 15 is 0 Å². The summed E-state index contributed by atoms with van der Waals surface area (Å²) in [5, 5.41) is 6.99. The van der Waals surface area contributed by atoms with E-state index in [1.54, 1.807) is 21.7 Å². The van der Waals surface area contributed by atoms with Crippen LogP contribution < -0.4 is 5.32 Å². The lowest BCUT2D eigenvalue weighted by Gasteiger charge is -2.15. The number of carbonyl (C=O) groups excluding carboxylic acids is 2. The number of likely N-dealkylation sites (tertiary alicyclic amines) is 1. The zero-order chi connectivity index (χ0) is 16.4. The molecule has 0 aromatic carbocycles. The molecular formula is C16H20N4O3. The van der Waals surface area contributed by atoms with Crippen molar-refractivity contribution in [2.24, 2.45) is 0 Å². The van der Waals surface area contributed by atoms with Gasteiger partial charge in [0.1, 0.15) is 5.76 Å². The number of hydrogen-bond donors (Lipinski definition) is 1. The van der Waals surface area contributed by atoms with Crippen molar-refractivity contribution in [1.82, 2.24) is 14.7 Å². The van der Waals surface area contributed by atoms with E-state index in [1.165, 1.54) is 6.92 Å². The van der Waals surface area contributed by atoms with E-state index in [0.29, 0.717) is 24.7 Å². The van der Waals surface area contributed by atoms with E-state index in [1.807, 2.05) is 19.2 Å². The van der Waals surface area contributed by atoms with Gasteiger partial charge in [0.25, 0.3) is 5.91 Å². The standard InChI is InChI=1S/C16H20N4O3/c1-3-13-4-5-14(23-13)16(22)19-8-6-12(10-19)20-9-7-15(18-20)17-11(2)21/h4-5,7,9,12H,3,6,8,10H2,1-2H3,(H,17,18,21). The second-order valence-electron chi connectivity index (χ2n) is 5.68. The average Bonchev–Trinajstić information content (AvgIpc) is 3.25. The minimum Gasteiger partial charge on any atom is -0.456 e. The summed E-state index contributed by atoms with van der Waals surface area (Å²) < 4.78 is 7.34. The summed E-state index contributed by atoms with van der Waals surface area (Å²) in [4.78, 5) is 25.3. The van der Waals surface area contributed by atoms with Crippen LogP contribution in [0, 0.1) is 0 Å². The third kappa shape index (κ3) is 3.28. The monoisotopic (exact) mass is 316 g/mol. The van der Waals surface area contributed by atoms with Crippen molar-refractivity contribution in [3.63, 3.8) is 0 Å². The molecule has 1 aliphatic rings. The van der Waals surface area contributed by atoms with Crippen LogP contribution in [0.3, 0.4) is 0 Å². The molecule has 1 unspecified atom stereocenters. The second-order valence-corrected chi connectivity index (χ2v) is 5.68. The molecule has 23 heavy (non-hydrogen) atoms. The van der Waals surface area contributed by atoms with Gasteiger partial charge in [0.15, 0.2) is 11.6 Å². The number of hydrogen-bond acceptors (Lipinski definition) is 4. The maximum Gasteiger partial charge on any atom is 0.289 e. The van der Waals surface area contributed by atoms with Crippen LogP contribution in [0.4, 0.5) is 5.82 Å². The van der Waals surface area contributed by atoms with E-state index in [0.717, 1.165) is 18.6 Å². The molecule has 1 fully saturated rings. The maximum absolute atomic E-state index is 12.4. The maximum atomic E-state index is 12.4. The number of carbonyl (C=O) groups is 2. The van der Waals surface area contributed by atoms with Crippen molar-refractivity contribution in [3.05, 3.63) is 35.9 Å². The SMILES string of the molecule is CCc1ccc(C(=O)N2CCC(n3ccc(NC(C)=O)n3)C2)o1. The molecule has 0 radical (unpaired) electrons. The number of rotatable bonds is 4. The summed E-state index contributed by atoms with van der Waals surface area (Å²) in [5.74, 6) is 1.50. The van der Waals surface area contributed by atoms with E-state index < -0.39 is 0 Å². The van der Waals surface area contributed by atoms with Gasteiger partial charge < -0.3 is 14.6 Å². The van der Waals surface area contributed by atoms with Gasteiger partial charge in [-0.2, -0.15) is 5.10 Å². The van der Waals surface area contributed by atoms with Gasteiger partial charge >= 0.3 is 0 Å². The fourth-order valence-corrected chi connectivity index (χ4v) is 2.77. The Balaban J connectivity index is 1.64. The van der Waals surface area contributed by atoms with Gasteiger partial charge in [0.05, 0.1) is 6.04 Å². The van der Waals surface area contributed by atoms with Crippen LogP contribution in [0.15, 0.2) is 28.8 Å². The first-order valence-corrected chi connectivity index (χ1v) is 7.77. The molecule has 3 rings (SSSR count). The van der Waals surface area contributed by atoms with Crippen molar-refractivity contribution in [1.29, 1.82) is 0 Å². The Morgan fingerprint density at radius 2 is 2.22 bits per heavy atom. The summed E-state index contributed by atoms with van der Waals surface area (Å²) in [6.45, 7) is 4.69. The summed E-state index contributed by atoms with van der Waals surface area (Å²) in [7, 11) is 0. The highest BCUT2D eigenvalue weighted by molar-refractivity contribution is 5.91. The molecule has 2 amide bonds. The molecule has 7 nitrogen and oxygen atoms in total. The van der Waals surface area contributed by atoms with Gasteiger partial charge in [-0.1, -0.05) is 6.92 Å². The van der Waals surface area contributed by atoms with Gasteiger partial charge in [-0.3, -0.25) is 14.3 Å². The molecule has 0 saturated carbocycles. The lowest BCUT2D eigenvalue weighted by Crippen LogP contribution is -2.28. The molecule has 1 saturated heterocycles. The first-order valence-electron chi connectivity index (χ1n) is 7.77. The molecule has 2 aromatic rings. The number of anilines is 1. The minimum absolute atomic E-state index is 0.0820. The molecule has 0 aliphatic carbocycles. The minimum atomic E-state index is -0.150. The Bertz CT molecular complexity index is 718. The molecule has 7 heteroatoms. The number of furan rings is 1. The number of nitrogens with zero attached hydrogens (tertiary/aromatic N) is 3. The fourth-order valence-electron chi connectivity index (χ4n) is 2.77. The molecule has 1 N–H and O–H groups in total. The van der Waals surface area contributed by atoms with Gasteiger partial charge in [-0.25, -0.2) is 0 Å². The predicted molar refractivity (Wildman–Crippen MR) is 84.2 cm³/mol. The average molecular weight is 316 g/mol. The first kappa shape index (κ1) is 15.3. The molecule has 1 atom stereocenters. The van der Waals surface area contributed by atoms with Crippen molar-refractivity contribution in [2.75, 3.05) is 18.4 Å². The van der Waals surface area contributed by atoms with E-state index in [2.05, 4.69) is 10.4 Å². The topological polar surface area (TPSA) is 80.4 Å². The highest BCUT2D eigenvalue weighted by atomic mass is 16.4. The highest BCUT2D eigenvalue weighted by Gasteiger charge is 2.30. The number of nitrogens with one attached hydrogen (secondary N) is 1. The fraction of sp³-hybridized carbons (Fsp3) is 0.438. The Hall–Kier alpha value is -2.57. The van der Waals surface area contributed by atoms with Crippen LogP contribution in [-0.2, 0) is 11.2 Å². The number of aromatic nitrogens is 2. The number of aryl methyl sites for hydroxylation is 1. The predicted octanol–water partition coefficient (Wildman–Crippen LogP) is 2.08. The Morgan fingerprint density at radius 3 is 2.91 bits per heavy atom. The van der Waals surface area contributed by atoms with E-state index in [9.17, 15) is 9.59 Å². The molecule has 1 aliphatic heterocycles. The van der Waals surface area contributed by atoms with Crippen molar-refractivity contribution >= 4 is 17.6 Å². The quantitative estimate of drug-likeness (QED) is 0.936. The Kier molecular flexibility index (Phi) is 4.18. The molecule has 0 spiro atoms. The zero-order valence-corrected chi connectivity index (χ0v) is 13.3. The summed E-state index contributed by atoms with van der Waals surface area (Å²) in [5.41, 5.74) is 0. The smallest absolute Gasteiger partial charge is 0.289 e. The van der Waals surface area contributed by atoms with E-state index in [-0.39, 0.29) is 17.9 Å². The lowest BCUT2D eigenvalue weighted by molar-refractivity contribution is -0.114. The van der Waals surface area contributed by atoms with Crippen molar-refractivity contribution < 1.29 is 14.0 Å². The van der Waals surface area contributed by atoms with Gasteiger partial charge in [0.2, 0.25) is 5.91 Å². The Morgan fingerprint density at radius 1 is 1.39 bits per heavy atom. The second kappa shape index (κ2) is 6.28. The van der Waals surface area contributed by atoms with E-state index in [4.69, 9.17) is 4.42 Å². The van der Waals surface area contributed by atoms with Crippen LogP contribution in [0.5, 0.6) is 0 Å². The molecule has 2 aromatic heterocycles. The van der Waals surface area contributed by atoms with Gasteiger partial charge in [-0.05, 0) is 18.6 Å². The van der Waals surface area contributed by atoms with Crippen LogP contribution >= 0.6 is 0 Å². The normalized spacial score (nSPS) is 17.5. The Labute approximate surface area is 134 Å². The third-order valence-electron chi connectivity index (χ3n) is 3.96. The van der Waals surface area contributed by atoms with Crippen molar-refractivity contribution in [2.45, 2.75) is 32.7 Å². The zero-order valence-electron chi connectivity index (χ0n) is 13.3. The molecule has 0 bridgehead atoms. The highest BCUT2D eigenvalue weighted by Crippen LogP contribution is 2.24. The summed E-state index contributed by atoms with van der Waals surface area (Å²) in [6, 6.07) is 5.44. The van der Waals surface area contributed by atoms with Crippen LogP contribution in [0.1, 0.15) is 42.6 Å². The number of amides is 2. The molecular weight excluding hydrogens is 296 g/mol. The third-order valence-corrected chi connectivity index (χ3v) is 3.96. The first-order chi connectivity index (χ1) is 11.1. The van der Waals surface area contributed by atoms with Crippen molar-refractivity contribution in [3.8, 4) is 0 Å². The van der Waals surface area contributed by atoms with Gasteiger partial charge in [-0.15, -0.1) is 0 Å².